The van der Waals surface area contributed by atoms with E-state index in [-0.39, 0.29) is 12.5 Å². The molecule has 0 spiro atoms. The average molecular weight is 175 g/mol. The SMILES string of the molecule is CC[C@H](C)[C@](C)(O)C[C@H](O)CN. The Morgan fingerprint density at radius 3 is 2.33 bits per heavy atom. The minimum atomic E-state index is -0.798. The Morgan fingerprint density at radius 2 is 2.00 bits per heavy atom. The van der Waals surface area contributed by atoms with E-state index in [2.05, 4.69) is 0 Å². The zero-order valence-corrected chi connectivity index (χ0v) is 8.25. The Hall–Kier alpha value is -0.120. The first kappa shape index (κ1) is 11.9. The van der Waals surface area contributed by atoms with Crippen LogP contribution in [0.2, 0.25) is 0 Å². The molecule has 3 atom stereocenters. The summed E-state index contributed by atoms with van der Waals surface area (Å²) < 4.78 is 0. The van der Waals surface area contributed by atoms with Crippen LogP contribution in [-0.2, 0) is 0 Å². The lowest BCUT2D eigenvalue weighted by molar-refractivity contribution is -0.0352. The third-order valence-corrected chi connectivity index (χ3v) is 2.59. The summed E-state index contributed by atoms with van der Waals surface area (Å²) in [4.78, 5) is 0. The Labute approximate surface area is 74.6 Å². The Kier molecular flexibility index (Phi) is 4.75. The van der Waals surface area contributed by atoms with Gasteiger partial charge in [-0.25, -0.2) is 0 Å². The van der Waals surface area contributed by atoms with Gasteiger partial charge >= 0.3 is 0 Å². The maximum atomic E-state index is 9.87. The Bertz CT molecular complexity index is 126. The van der Waals surface area contributed by atoms with Gasteiger partial charge in [-0.2, -0.15) is 0 Å². The van der Waals surface area contributed by atoms with Crippen molar-refractivity contribution in [1.29, 1.82) is 0 Å². The summed E-state index contributed by atoms with van der Waals surface area (Å²) >= 11 is 0. The second-order valence-corrected chi connectivity index (χ2v) is 3.76. The van der Waals surface area contributed by atoms with Gasteiger partial charge in [0.1, 0.15) is 0 Å². The van der Waals surface area contributed by atoms with Crippen LogP contribution in [0, 0.1) is 5.92 Å². The van der Waals surface area contributed by atoms with Gasteiger partial charge < -0.3 is 15.9 Å². The van der Waals surface area contributed by atoms with Crippen LogP contribution in [0.25, 0.3) is 0 Å². The highest BCUT2D eigenvalue weighted by Crippen LogP contribution is 2.24. The van der Waals surface area contributed by atoms with Crippen molar-refractivity contribution in [3.8, 4) is 0 Å². The topological polar surface area (TPSA) is 66.5 Å². The minimum Gasteiger partial charge on any atom is -0.392 e. The molecular formula is C9H21NO2. The molecule has 0 aliphatic carbocycles. The van der Waals surface area contributed by atoms with Crippen molar-refractivity contribution in [2.75, 3.05) is 6.54 Å². The number of rotatable bonds is 5. The van der Waals surface area contributed by atoms with E-state index in [4.69, 9.17) is 5.73 Å². The molecule has 0 aromatic heterocycles. The standard InChI is InChI=1S/C9H21NO2/c1-4-7(2)9(3,12)5-8(11)6-10/h7-8,11-12H,4-6,10H2,1-3H3/t7-,8-,9+/m0/s1. The molecule has 0 radical (unpaired) electrons. The summed E-state index contributed by atoms with van der Waals surface area (Å²) in [5.74, 6) is 0.193. The zero-order valence-electron chi connectivity index (χ0n) is 8.25. The first-order chi connectivity index (χ1) is 5.44. The van der Waals surface area contributed by atoms with Crippen molar-refractivity contribution >= 4 is 0 Å². The number of hydrogen-bond donors (Lipinski definition) is 3. The van der Waals surface area contributed by atoms with Crippen molar-refractivity contribution in [3.63, 3.8) is 0 Å². The molecule has 0 aromatic rings. The zero-order chi connectivity index (χ0) is 9.78. The number of aliphatic hydroxyl groups excluding tert-OH is 1. The van der Waals surface area contributed by atoms with Gasteiger partial charge in [-0.3, -0.25) is 0 Å². The lowest BCUT2D eigenvalue weighted by atomic mass is 9.84. The van der Waals surface area contributed by atoms with Gasteiger partial charge in [0.25, 0.3) is 0 Å². The summed E-state index contributed by atoms with van der Waals surface area (Å²) in [5, 5.41) is 19.1. The molecule has 74 valence electrons. The Balaban J connectivity index is 4.02. The highest BCUT2D eigenvalue weighted by Gasteiger charge is 2.29. The summed E-state index contributed by atoms with van der Waals surface area (Å²) in [6.45, 7) is 5.96. The van der Waals surface area contributed by atoms with Gasteiger partial charge in [0.2, 0.25) is 0 Å². The van der Waals surface area contributed by atoms with Crippen LogP contribution >= 0.6 is 0 Å². The van der Waals surface area contributed by atoms with Crippen LogP contribution in [0.15, 0.2) is 0 Å². The third kappa shape index (κ3) is 3.52. The molecule has 4 N–H and O–H groups in total. The predicted molar refractivity (Wildman–Crippen MR) is 49.8 cm³/mol. The largest absolute Gasteiger partial charge is 0.392 e. The minimum absolute atomic E-state index is 0.193. The summed E-state index contributed by atoms with van der Waals surface area (Å²) in [5.41, 5.74) is 4.46. The van der Waals surface area contributed by atoms with Gasteiger partial charge in [-0.15, -0.1) is 0 Å². The third-order valence-electron chi connectivity index (χ3n) is 2.59. The molecule has 3 heteroatoms. The summed E-state index contributed by atoms with van der Waals surface area (Å²) in [7, 11) is 0. The van der Waals surface area contributed by atoms with Gasteiger partial charge in [-0.05, 0) is 12.8 Å². The van der Waals surface area contributed by atoms with Crippen LogP contribution < -0.4 is 5.73 Å². The molecule has 0 heterocycles. The number of hydrogen-bond acceptors (Lipinski definition) is 3. The highest BCUT2D eigenvalue weighted by molar-refractivity contribution is 4.81. The lowest BCUT2D eigenvalue weighted by Crippen LogP contribution is -2.38. The normalized spacial score (nSPS) is 21.5. The smallest absolute Gasteiger partial charge is 0.0689 e. The van der Waals surface area contributed by atoms with Crippen molar-refractivity contribution < 1.29 is 10.2 Å². The molecule has 0 saturated heterocycles. The molecule has 0 rings (SSSR count). The number of nitrogens with two attached hydrogens (primary N) is 1. The maximum Gasteiger partial charge on any atom is 0.0689 e. The molecule has 12 heavy (non-hydrogen) atoms. The van der Waals surface area contributed by atoms with Gasteiger partial charge in [0, 0.05) is 13.0 Å². The van der Waals surface area contributed by atoms with Crippen LogP contribution in [-0.4, -0.2) is 28.5 Å². The monoisotopic (exact) mass is 175 g/mol. The summed E-state index contributed by atoms with van der Waals surface area (Å²) in [6, 6.07) is 0. The van der Waals surface area contributed by atoms with Crippen LogP contribution in [0.4, 0.5) is 0 Å². The second-order valence-electron chi connectivity index (χ2n) is 3.76. The molecular weight excluding hydrogens is 154 g/mol. The predicted octanol–water partition coefficient (Wildman–Crippen LogP) is 0.493. The first-order valence-electron chi connectivity index (χ1n) is 4.54. The molecule has 0 unspecified atom stereocenters. The highest BCUT2D eigenvalue weighted by atomic mass is 16.3. The fraction of sp³-hybridized carbons (Fsp3) is 1.00. The van der Waals surface area contributed by atoms with E-state index in [0.29, 0.717) is 6.42 Å². The van der Waals surface area contributed by atoms with E-state index in [9.17, 15) is 10.2 Å². The molecule has 0 bridgehead atoms. The molecule has 0 aliphatic heterocycles. The molecule has 3 nitrogen and oxygen atoms in total. The molecule has 0 fully saturated rings. The van der Waals surface area contributed by atoms with Crippen LogP contribution in [0.1, 0.15) is 33.6 Å². The number of aliphatic hydroxyl groups is 2. The van der Waals surface area contributed by atoms with E-state index < -0.39 is 11.7 Å². The van der Waals surface area contributed by atoms with Crippen molar-refractivity contribution in [2.45, 2.75) is 45.3 Å². The van der Waals surface area contributed by atoms with E-state index in [1.54, 1.807) is 6.92 Å². The molecule has 0 aromatic carbocycles. The fourth-order valence-electron chi connectivity index (χ4n) is 1.20. The summed E-state index contributed by atoms with van der Waals surface area (Å²) in [6.07, 6.45) is 0.678. The van der Waals surface area contributed by atoms with Crippen LogP contribution in [0.5, 0.6) is 0 Å². The van der Waals surface area contributed by atoms with Gasteiger partial charge in [-0.1, -0.05) is 20.3 Å². The first-order valence-corrected chi connectivity index (χ1v) is 4.54. The van der Waals surface area contributed by atoms with E-state index in [0.717, 1.165) is 6.42 Å². The molecule has 0 aliphatic rings. The maximum absolute atomic E-state index is 9.87. The van der Waals surface area contributed by atoms with Crippen molar-refractivity contribution in [1.82, 2.24) is 0 Å². The second kappa shape index (κ2) is 4.80. The van der Waals surface area contributed by atoms with Gasteiger partial charge in [0.05, 0.1) is 11.7 Å². The lowest BCUT2D eigenvalue weighted by Gasteiger charge is -2.31. The van der Waals surface area contributed by atoms with Gasteiger partial charge in [0.15, 0.2) is 0 Å². The molecule has 0 saturated carbocycles. The fourth-order valence-corrected chi connectivity index (χ4v) is 1.20. The van der Waals surface area contributed by atoms with E-state index in [1.807, 2.05) is 13.8 Å². The van der Waals surface area contributed by atoms with Crippen LogP contribution in [0.3, 0.4) is 0 Å². The van der Waals surface area contributed by atoms with Crippen molar-refractivity contribution in [2.24, 2.45) is 11.7 Å². The molecule has 0 amide bonds. The average Bonchev–Trinajstić information content (AvgIpc) is 2.02. The van der Waals surface area contributed by atoms with Crippen molar-refractivity contribution in [3.05, 3.63) is 0 Å². The quantitative estimate of drug-likeness (QED) is 0.570. The van der Waals surface area contributed by atoms with E-state index in [1.165, 1.54) is 0 Å². The Morgan fingerprint density at radius 1 is 1.50 bits per heavy atom. The van der Waals surface area contributed by atoms with E-state index >= 15 is 0 Å².